The minimum absolute atomic E-state index is 0.0521. The molecule has 0 heterocycles. The summed E-state index contributed by atoms with van der Waals surface area (Å²) < 4.78 is 4.95. The first-order chi connectivity index (χ1) is 8.65. The van der Waals surface area contributed by atoms with Gasteiger partial charge in [-0.2, -0.15) is 0 Å². The summed E-state index contributed by atoms with van der Waals surface area (Å²) in [5.74, 6) is 0. The molecule has 100 valence electrons. The summed E-state index contributed by atoms with van der Waals surface area (Å²) >= 11 is 5.82. The molecule has 0 saturated carbocycles. The van der Waals surface area contributed by atoms with Gasteiger partial charge in [0.15, 0.2) is 0 Å². The number of benzene rings is 1. The number of methoxy groups -OCH3 is 1. The normalized spacial score (nSPS) is 10.3. The monoisotopic (exact) mass is 272 g/mol. The maximum atomic E-state index is 10.8. The number of hydrogen-bond donors (Lipinski definition) is 1. The summed E-state index contributed by atoms with van der Waals surface area (Å²) in [5.41, 5.74) is 0.524. The first-order valence-corrected chi connectivity index (χ1v) is 6.19. The van der Waals surface area contributed by atoms with Crippen LogP contribution in [0, 0.1) is 10.1 Å². The molecule has 1 aromatic carbocycles. The smallest absolute Gasteiger partial charge is 0.292 e. The summed E-state index contributed by atoms with van der Waals surface area (Å²) in [7, 11) is 1.67. The SMILES string of the molecule is COCCCCCNc1cc(Cl)ccc1[N+](=O)[O-]. The third-order valence-electron chi connectivity index (χ3n) is 2.50. The zero-order valence-corrected chi connectivity index (χ0v) is 11.1. The number of anilines is 1. The molecule has 0 saturated heterocycles. The lowest BCUT2D eigenvalue weighted by atomic mass is 10.2. The Hall–Kier alpha value is -1.33. The molecule has 18 heavy (non-hydrogen) atoms. The molecule has 0 fully saturated rings. The molecule has 0 aliphatic heterocycles. The summed E-state index contributed by atoms with van der Waals surface area (Å²) in [6.07, 6.45) is 2.96. The molecule has 1 rings (SSSR count). The number of nitrogens with one attached hydrogen (secondary N) is 1. The maximum Gasteiger partial charge on any atom is 0.292 e. The number of ether oxygens (including phenoxy) is 1. The van der Waals surface area contributed by atoms with E-state index in [1.807, 2.05) is 0 Å². The van der Waals surface area contributed by atoms with E-state index in [1.54, 1.807) is 13.2 Å². The maximum absolute atomic E-state index is 10.8. The van der Waals surface area contributed by atoms with Gasteiger partial charge in [0.25, 0.3) is 5.69 Å². The Labute approximate surface area is 111 Å². The highest BCUT2D eigenvalue weighted by molar-refractivity contribution is 6.31. The van der Waals surface area contributed by atoms with Crippen LogP contribution in [0.15, 0.2) is 18.2 Å². The summed E-state index contributed by atoms with van der Waals surface area (Å²) in [6, 6.07) is 4.51. The van der Waals surface area contributed by atoms with Gasteiger partial charge < -0.3 is 10.1 Å². The second-order valence-electron chi connectivity index (χ2n) is 3.90. The Morgan fingerprint density at radius 3 is 2.83 bits per heavy atom. The van der Waals surface area contributed by atoms with Gasteiger partial charge in [0.1, 0.15) is 5.69 Å². The van der Waals surface area contributed by atoms with Crippen LogP contribution in [0.5, 0.6) is 0 Å². The number of rotatable bonds is 8. The quantitative estimate of drug-likeness (QED) is 0.447. The second-order valence-corrected chi connectivity index (χ2v) is 4.34. The highest BCUT2D eigenvalue weighted by Crippen LogP contribution is 2.27. The fraction of sp³-hybridized carbons (Fsp3) is 0.500. The largest absolute Gasteiger partial charge is 0.385 e. The highest BCUT2D eigenvalue weighted by Gasteiger charge is 2.12. The van der Waals surface area contributed by atoms with E-state index < -0.39 is 4.92 Å². The van der Waals surface area contributed by atoms with Gasteiger partial charge in [0, 0.05) is 31.4 Å². The molecular weight excluding hydrogens is 256 g/mol. The van der Waals surface area contributed by atoms with Crippen LogP contribution in [0.4, 0.5) is 11.4 Å². The van der Waals surface area contributed by atoms with Crippen molar-refractivity contribution in [3.8, 4) is 0 Å². The van der Waals surface area contributed by atoms with Crippen LogP contribution in [0.1, 0.15) is 19.3 Å². The van der Waals surface area contributed by atoms with E-state index in [0.717, 1.165) is 25.9 Å². The third kappa shape index (κ3) is 4.89. The minimum atomic E-state index is -0.413. The number of nitro benzene ring substituents is 1. The molecule has 6 heteroatoms. The third-order valence-corrected chi connectivity index (χ3v) is 2.73. The molecule has 5 nitrogen and oxygen atoms in total. The van der Waals surface area contributed by atoms with Gasteiger partial charge >= 0.3 is 0 Å². The average molecular weight is 273 g/mol. The number of nitrogens with zero attached hydrogens (tertiary/aromatic N) is 1. The van der Waals surface area contributed by atoms with Crippen molar-refractivity contribution in [2.24, 2.45) is 0 Å². The van der Waals surface area contributed by atoms with Crippen LogP contribution in [-0.2, 0) is 4.74 Å². The molecule has 0 aliphatic carbocycles. The van der Waals surface area contributed by atoms with E-state index in [4.69, 9.17) is 16.3 Å². The fourth-order valence-electron chi connectivity index (χ4n) is 1.58. The topological polar surface area (TPSA) is 64.4 Å². The van der Waals surface area contributed by atoms with E-state index >= 15 is 0 Å². The van der Waals surface area contributed by atoms with Gasteiger partial charge in [-0.1, -0.05) is 11.6 Å². The van der Waals surface area contributed by atoms with Crippen molar-refractivity contribution in [2.75, 3.05) is 25.6 Å². The average Bonchev–Trinajstić information content (AvgIpc) is 2.33. The van der Waals surface area contributed by atoms with E-state index in [0.29, 0.717) is 17.3 Å². The molecule has 1 aromatic rings. The number of unbranched alkanes of at least 4 members (excludes halogenated alkanes) is 2. The zero-order valence-electron chi connectivity index (χ0n) is 10.3. The second kappa shape index (κ2) is 7.89. The molecule has 0 atom stereocenters. The van der Waals surface area contributed by atoms with E-state index in [2.05, 4.69) is 5.32 Å². The van der Waals surface area contributed by atoms with Gasteiger partial charge in [0.05, 0.1) is 4.92 Å². The van der Waals surface area contributed by atoms with Crippen molar-refractivity contribution in [3.63, 3.8) is 0 Å². The Bertz CT molecular complexity index is 399. The standard InChI is InChI=1S/C12H17ClN2O3/c1-18-8-4-2-3-7-14-11-9-10(13)5-6-12(11)15(16)17/h5-6,9,14H,2-4,7-8H2,1H3. The Balaban J connectivity index is 2.45. The molecule has 0 aromatic heterocycles. The van der Waals surface area contributed by atoms with Crippen molar-refractivity contribution in [1.29, 1.82) is 0 Å². The van der Waals surface area contributed by atoms with Crippen molar-refractivity contribution < 1.29 is 9.66 Å². The first-order valence-electron chi connectivity index (χ1n) is 5.82. The Kier molecular flexibility index (Phi) is 6.46. The predicted octanol–water partition coefficient (Wildman–Crippen LogP) is 3.48. The molecular formula is C12H17ClN2O3. The van der Waals surface area contributed by atoms with Crippen LogP contribution >= 0.6 is 11.6 Å². The van der Waals surface area contributed by atoms with Crippen LogP contribution in [0.3, 0.4) is 0 Å². The Morgan fingerprint density at radius 1 is 1.39 bits per heavy atom. The summed E-state index contributed by atoms with van der Waals surface area (Å²) in [5, 5.41) is 14.3. The van der Waals surface area contributed by atoms with Gasteiger partial charge in [-0.15, -0.1) is 0 Å². The number of hydrogen-bond acceptors (Lipinski definition) is 4. The molecule has 1 N–H and O–H groups in total. The molecule has 0 aliphatic rings. The summed E-state index contributed by atoms with van der Waals surface area (Å²) in [6.45, 7) is 1.43. The Morgan fingerprint density at radius 2 is 2.17 bits per heavy atom. The van der Waals surface area contributed by atoms with Gasteiger partial charge in [-0.25, -0.2) is 0 Å². The number of nitro groups is 1. The lowest BCUT2D eigenvalue weighted by Crippen LogP contribution is -2.04. The van der Waals surface area contributed by atoms with Gasteiger partial charge in [-0.05, 0) is 31.4 Å². The van der Waals surface area contributed by atoms with E-state index in [1.165, 1.54) is 12.1 Å². The molecule has 0 unspecified atom stereocenters. The highest BCUT2D eigenvalue weighted by atomic mass is 35.5. The first kappa shape index (κ1) is 14.7. The number of halogens is 1. The predicted molar refractivity (Wildman–Crippen MR) is 72.3 cm³/mol. The van der Waals surface area contributed by atoms with Crippen LogP contribution < -0.4 is 5.32 Å². The van der Waals surface area contributed by atoms with Crippen molar-refractivity contribution in [3.05, 3.63) is 33.3 Å². The van der Waals surface area contributed by atoms with Crippen LogP contribution in [-0.4, -0.2) is 25.2 Å². The lowest BCUT2D eigenvalue weighted by Gasteiger charge is -2.07. The van der Waals surface area contributed by atoms with Crippen LogP contribution in [0.25, 0.3) is 0 Å². The van der Waals surface area contributed by atoms with Crippen molar-refractivity contribution >= 4 is 23.0 Å². The van der Waals surface area contributed by atoms with Crippen molar-refractivity contribution in [1.82, 2.24) is 0 Å². The molecule has 0 amide bonds. The summed E-state index contributed by atoms with van der Waals surface area (Å²) in [4.78, 5) is 10.4. The van der Waals surface area contributed by atoms with E-state index in [9.17, 15) is 10.1 Å². The van der Waals surface area contributed by atoms with Gasteiger partial charge in [0.2, 0.25) is 0 Å². The lowest BCUT2D eigenvalue weighted by molar-refractivity contribution is -0.384. The minimum Gasteiger partial charge on any atom is -0.385 e. The molecule has 0 bridgehead atoms. The van der Waals surface area contributed by atoms with Gasteiger partial charge in [-0.3, -0.25) is 10.1 Å². The fourth-order valence-corrected chi connectivity index (χ4v) is 1.75. The molecule has 0 spiro atoms. The van der Waals surface area contributed by atoms with Crippen LogP contribution in [0.2, 0.25) is 5.02 Å². The molecule has 0 radical (unpaired) electrons. The zero-order chi connectivity index (χ0) is 13.4. The van der Waals surface area contributed by atoms with E-state index in [-0.39, 0.29) is 5.69 Å². The van der Waals surface area contributed by atoms with Crippen molar-refractivity contribution in [2.45, 2.75) is 19.3 Å².